The number of hydrogen-bond acceptors (Lipinski definition) is 4. The summed E-state index contributed by atoms with van der Waals surface area (Å²) in [7, 11) is 0. The maximum atomic E-state index is 12.1. The number of benzene rings is 1. The van der Waals surface area contributed by atoms with Gasteiger partial charge >= 0.3 is 6.61 Å². The maximum absolute atomic E-state index is 12.1. The molecule has 1 amide bonds. The summed E-state index contributed by atoms with van der Waals surface area (Å²) in [4.78, 5) is 11.8. The van der Waals surface area contributed by atoms with Gasteiger partial charge in [-0.2, -0.15) is 8.78 Å². The van der Waals surface area contributed by atoms with Crippen molar-refractivity contribution < 1.29 is 22.7 Å². The minimum Gasteiger partial charge on any atom is -0.455 e. The Morgan fingerprint density at radius 3 is 2.80 bits per heavy atom. The van der Waals surface area contributed by atoms with E-state index in [0.717, 1.165) is 0 Å². The van der Waals surface area contributed by atoms with Crippen LogP contribution >= 0.6 is 0 Å². The Bertz CT molecular complexity index is 599. The Hall–Kier alpha value is -2.41. The zero-order valence-corrected chi connectivity index (χ0v) is 10.3. The average molecular weight is 282 g/mol. The molecule has 0 aliphatic carbocycles. The second kappa shape index (κ2) is 6.16. The predicted molar refractivity (Wildman–Crippen MR) is 67.6 cm³/mol. The molecular weight excluding hydrogens is 270 g/mol. The number of nitrogens with two attached hydrogens (primary N) is 1. The Morgan fingerprint density at radius 2 is 2.15 bits per heavy atom. The number of anilines is 1. The Labute approximate surface area is 113 Å². The van der Waals surface area contributed by atoms with E-state index in [1.807, 2.05) is 0 Å². The van der Waals surface area contributed by atoms with E-state index >= 15 is 0 Å². The van der Waals surface area contributed by atoms with Crippen LogP contribution in [0.4, 0.5) is 14.5 Å². The highest BCUT2D eigenvalue weighted by atomic mass is 19.3. The van der Waals surface area contributed by atoms with E-state index in [0.29, 0.717) is 11.4 Å². The molecule has 1 heterocycles. The lowest BCUT2D eigenvalue weighted by molar-refractivity contribution is -0.0497. The third-order valence-corrected chi connectivity index (χ3v) is 2.40. The first kappa shape index (κ1) is 14.0. The van der Waals surface area contributed by atoms with Crippen LogP contribution in [0.1, 0.15) is 16.3 Å². The summed E-state index contributed by atoms with van der Waals surface area (Å²) in [5, 5.41) is 2.51. The van der Waals surface area contributed by atoms with Gasteiger partial charge in [-0.15, -0.1) is 0 Å². The molecule has 0 unspecified atom stereocenters. The fourth-order valence-electron chi connectivity index (χ4n) is 1.55. The quantitative estimate of drug-likeness (QED) is 0.883. The monoisotopic (exact) mass is 282 g/mol. The molecule has 0 aliphatic heterocycles. The van der Waals surface area contributed by atoms with Gasteiger partial charge in [-0.05, 0) is 24.3 Å². The molecular formula is C13H12F2N2O3. The number of rotatable bonds is 5. The number of ether oxygens (including phenoxy) is 1. The van der Waals surface area contributed by atoms with Crippen molar-refractivity contribution in [3.63, 3.8) is 0 Å². The van der Waals surface area contributed by atoms with E-state index in [9.17, 15) is 13.6 Å². The summed E-state index contributed by atoms with van der Waals surface area (Å²) in [5.74, 6) is 0.0226. The molecule has 106 valence electrons. The number of carbonyl (C=O) groups excluding carboxylic acids is 1. The van der Waals surface area contributed by atoms with Crippen LogP contribution in [0.5, 0.6) is 5.75 Å². The van der Waals surface area contributed by atoms with Gasteiger partial charge < -0.3 is 20.2 Å². The van der Waals surface area contributed by atoms with Crippen LogP contribution in [0.25, 0.3) is 0 Å². The smallest absolute Gasteiger partial charge is 0.387 e. The van der Waals surface area contributed by atoms with Gasteiger partial charge in [-0.3, -0.25) is 4.79 Å². The van der Waals surface area contributed by atoms with Gasteiger partial charge in [0, 0.05) is 11.8 Å². The molecule has 1 aromatic heterocycles. The van der Waals surface area contributed by atoms with Crippen LogP contribution in [0.15, 0.2) is 40.8 Å². The number of nitrogens with one attached hydrogen (secondary N) is 1. The van der Waals surface area contributed by atoms with E-state index in [4.69, 9.17) is 10.2 Å². The molecule has 0 saturated carbocycles. The number of carbonyl (C=O) groups is 1. The first-order valence-corrected chi connectivity index (χ1v) is 5.73. The van der Waals surface area contributed by atoms with Crippen molar-refractivity contribution in [3.05, 3.63) is 47.9 Å². The lowest BCUT2D eigenvalue weighted by Gasteiger charge is -2.07. The van der Waals surface area contributed by atoms with E-state index in [2.05, 4.69) is 10.1 Å². The molecule has 0 bridgehead atoms. The average Bonchev–Trinajstić information content (AvgIpc) is 2.87. The molecule has 0 saturated heterocycles. The normalized spacial score (nSPS) is 10.6. The van der Waals surface area contributed by atoms with Crippen molar-refractivity contribution >= 4 is 11.6 Å². The van der Waals surface area contributed by atoms with Gasteiger partial charge in [-0.1, -0.05) is 6.07 Å². The zero-order valence-electron chi connectivity index (χ0n) is 10.3. The Morgan fingerprint density at radius 1 is 1.35 bits per heavy atom. The molecule has 3 N–H and O–H groups in total. The Kier molecular flexibility index (Phi) is 4.31. The SMILES string of the molecule is NCc1ccc(C(=O)Nc2cccc(OC(F)F)c2)o1. The third-order valence-electron chi connectivity index (χ3n) is 2.40. The van der Waals surface area contributed by atoms with Gasteiger partial charge in [0.05, 0.1) is 6.54 Å². The highest BCUT2D eigenvalue weighted by Gasteiger charge is 2.12. The van der Waals surface area contributed by atoms with Crippen LogP contribution in [-0.4, -0.2) is 12.5 Å². The van der Waals surface area contributed by atoms with Crippen molar-refractivity contribution in [2.45, 2.75) is 13.2 Å². The van der Waals surface area contributed by atoms with Crippen LogP contribution in [0.2, 0.25) is 0 Å². The summed E-state index contributed by atoms with van der Waals surface area (Å²) < 4.78 is 33.6. The topological polar surface area (TPSA) is 77.5 Å². The van der Waals surface area contributed by atoms with Gasteiger partial charge in [-0.25, -0.2) is 0 Å². The standard InChI is InChI=1S/C13H12F2N2O3/c14-13(15)20-9-3-1-2-8(6-9)17-12(18)11-5-4-10(7-16)19-11/h1-6,13H,7,16H2,(H,17,18). The molecule has 0 fully saturated rings. The van der Waals surface area contributed by atoms with E-state index < -0.39 is 12.5 Å². The molecule has 7 heteroatoms. The van der Waals surface area contributed by atoms with Crippen LogP contribution in [0, 0.1) is 0 Å². The van der Waals surface area contributed by atoms with E-state index in [1.54, 1.807) is 12.1 Å². The molecule has 5 nitrogen and oxygen atoms in total. The van der Waals surface area contributed by atoms with Gasteiger partial charge in [0.15, 0.2) is 5.76 Å². The Balaban J connectivity index is 2.07. The minimum atomic E-state index is -2.92. The maximum Gasteiger partial charge on any atom is 0.387 e. The first-order valence-electron chi connectivity index (χ1n) is 5.73. The molecule has 0 spiro atoms. The summed E-state index contributed by atoms with van der Waals surface area (Å²) in [6.45, 7) is -2.73. The zero-order chi connectivity index (χ0) is 14.5. The predicted octanol–water partition coefficient (Wildman–Crippen LogP) is 2.59. The minimum absolute atomic E-state index is 0.0418. The summed E-state index contributed by atoms with van der Waals surface area (Å²) in [6.07, 6.45) is 0. The van der Waals surface area contributed by atoms with Crippen molar-refractivity contribution in [1.29, 1.82) is 0 Å². The highest BCUT2D eigenvalue weighted by molar-refractivity contribution is 6.02. The number of halogens is 2. The molecule has 2 rings (SSSR count). The molecule has 20 heavy (non-hydrogen) atoms. The number of alkyl halides is 2. The van der Waals surface area contributed by atoms with E-state index in [-0.39, 0.29) is 18.1 Å². The summed E-state index contributed by atoms with van der Waals surface area (Å²) >= 11 is 0. The second-order valence-electron chi connectivity index (χ2n) is 3.83. The molecule has 2 aromatic rings. The van der Waals surface area contributed by atoms with Gasteiger partial charge in [0.1, 0.15) is 11.5 Å². The second-order valence-corrected chi connectivity index (χ2v) is 3.83. The number of amides is 1. The summed E-state index contributed by atoms with van der Waals surface area (Å²) in [6, 6.07) is 8.75. The highest BCUT2D eigenvalue weighted by Crippen LogP contribution is 2.20. The molecule has 0 aliphatic rings. The van der Waals surface area contributed by atoms with Gasteiger partial charge in [0.25, 0.3) is 5.91 Å². The largest absolute Gasteiger partial charge is 0.455 e. The van der Waals surface area contributed by atoms with Crippen molar-refractivity contribution in [2.75, 3.05) is 5.32 Å². The van der Waals surface area contributed by atoms with Crippen LogP contribution in [0.3, 0.4) is 0 Å². The fraction of sp³-hybridized carbons (Fsp3) is 0.154. The lowest BCUT2D eigenvalue weighted by Crippen LogP contribution is -2.11. The molecule has 0 radical (unpaired) electrons. The van der Waals surface area contributed by atoms with E-state index in [1.165, 1.54) is 24.3 Å². The summed E-state index contributed by atoms with van der Waals surface area (Å²) in [5.41, 5.74) is 5.69. The first-order chi connectivity index (χ1) is 9.58. The fourth-order valence-corrected chi connectivity index (χ4v) is 1.55. The van der Waals surface area contributed by atoms with Crippen molar-refractivity contribution in [1.82, 2.24) is 0 Å². The number of hydrogen-bond donors (Lipinski definition) is 2. The van der Waals surface area contributed by atoms with Crippen LogP contribution in [-0.2, 0) is 6.54 Å². The van der Waals surface area contributed by atoms with Crippen molar-refractivity contribution in [2.24, 2.45) is 5.73 Å². The number of furan rings is 1. The third kappa shape index (κ3) is 3.55. The lowest BCUT2D eigenvalue weighted by atomic mass is 10.3. The molecule has 0 atom stereocenters. The molecule has 1 aromatic carbocycles. The van der Waals surface area contributed by atoms with Crippen molar-refractivity contribution in [3.8, 4) is 5.75 Å². The van der Waals surface area contributed by atoms with Gasteiger partial charge in [0.2, 0.25) is 0 Å². The van der Waals surface area contributed by atoms with Crippen LogP contribution < -0.4 is 15.8 Å².